The number of unbranched alkanes of at least 4 members (excludes halogenated alkanes) is 16. The van der Waals surface area contributed by atoms with Crippen molar-refractivity contribution in [1.82, 2.24) is 0 Å². The van der Waals surface area contributed by atoms with E-state index >= 15 is 0 Å². The molecule has 0 aliphatic carbocycles. The third-order valence-electron chi connectivity index (χ3n) is 6.75. The second-order valence-corrected chi connectivity index (χ2v) is 13.1. The lowest BCUT2D eigenvalue weighted by molar-refractivity contribution is -0.883. The van der Waals surface area contributed by atoms with Gasteiger partial charge in [0.2, 0.25) is 0 Å². The minimum Gasteiger partial charge on any atom is -0.320 e. The summed E-state index contributed by atoms with van der Waals surface area (Å²) in [6.45, 7) is 4.73. The molecule has 1 N–H and O–H groups in total. The molecule has 0 radical (unpaired) electrons. The molecule has 0 aliphatic rings. The van der Waals surface area contributed by atoms with Crippen LogP contribution < -0.4 is 0 Å². The molecule has 0 bridgehead atoms. The Kier molecular flexibility index (Phi) is 22.0. The smallest absolute Gasteiger partial charge is 0.320 e. The summed E-state index contributed by atoms with van der Waals surface area (Å²) in [5.74, 6) is -0.337. The lowest BCUT2D eigenvalue weighted by Gasteiger charge is -2.35. The molecule has 0 aromatic rings. The van der Waals surface area contributed by atoms with Gasteiger partial charge in [0, 0.05) is 6.42 Å². The summed E-state index contributed by atoms with van der Waals surface area (Å²) in [5.41, 5.74) is 0. The molecule has 0 fully saturated rings. The van der Waals surface area contributed by atoms with E-state index in [1.54, 1.807) is 0 Å². The van der Waals surface area contributed by atoms with Gasteiger partial charge in [-0.1, -0.05) is 109 Å². The molecular formula is C29H61NO3P+. The Labute approximate surface area is 214 Å². The minimum atomic E-state index is -3.57. The molecule has 34 heavy (non-hydrogen) atoms. The molecule has 4 nitrogen and oxygen atoms in total. The van der Waals surface area contributed by atoms with Crippen molar-refractivity contribution in [3.8, 4) is 0 Å². The zero-order chi connectivity index (χ0) is 25.5. The molecule has 0 spiro atoms. The average molecular weight is 503 g/mol. The van der Waals surface area contributed by atoms with Gasteiger partial charge in [-0.3, -0.25) is 4.57 Å². The van der Waals surface area contributed by atoms with E-state index in [9.17, 15) is 9.46 Å². The first-order valence-electron chi connectivity index (χ1n) is 14.7. The normalized spacial score (nSPS) is 15.1. The van der Waals surface area contributed by atoms with E-state index in [1.165, 1.54) is 103 Å². The van der Waals surface area contributed by atoms with Crippen molar-refractivity contribution in [2.45, 2.75) is 148 Å². The number of quaternary nitrogens is 1. The van der Waals surface area contributed by atoms with Crippen LogP contribution in [0.2, 0.25) is 0 Å². The number of rotatable bonds is 25. The summed E-state index contributed by atoms with van der Waals surface area (Å²) in [6, 6.07) is 0. The standard InChI is InChI=1S/C29H60NO3P/c1-6-8-9-10-11-12-13-14-15-16-17-18-19-20-21-22-23-24-25-26-28-33-34(31,32)29(27-7-2)30(3,4)5/h18-19,29H,6-17,20-28H2,1-5H3/p+1/b19-18-. The van der Waals surface area contributed by atoms with Crippen LogP contribution in [-0.2, 0) is 9.09 Å². The van der Waals surface area contributed by atoms with Gasteiger partial charge in [-0.25, -0.2) is 0 Å². The average Bonchev–Trinajstić information content (AvgIpc) is 2.77. The second-order valence-electron chi connectivity index (χ2n) is 11.1. The minimum absolute atomic E-state index is 0.337. The summed E-state index contributed by atoms with van der Waals surface area (Å²) in [5, 5.41) is 0. The summed E-state index contributed by atoms with van der Waals surface area (Å²) in [7, 11) is 2.34. The molecule has 0 aromatic heterocycles. The Bertz CT molecular complexity index is 516. The molecule has 2 unspecified atom stereocenters. The van der Waals surface area contributed by atoms with Crippen LogP contribution in [0.4, 0.5) is 0 Å². The van der Waals surface area contributed by atoms with Gasteiger partial charge in [-0.2, -0.15) is 0 Å². The molecule has 2 atom stereocenters. The lowest BCUT2D eigenvalue weighted by Crippen LogP contribution is -2.45. The molecule has 0 aliphatic heterocycles. The summed E-state index contributed by atoms with van der Waals surface area (Å²) in [6.07, 6.45) is 29.9. The Balaban J connectivity index is 3.50. The van der Waals surface area contributed by atoms with Crippen LogP contribution in [-0.4, -0.2) is 42.9 Å². The highest BCUT2D eigenvalue weighted by Crippen LogP contribution is 2.51. The Morgan fingerprint density at radius 2 is 1.09 bits per heavy atom. The van der Waals surface area contributed by atoms with E-state index in [-0.39, 0.29) is 5.78 Å². The van der Waals surface area contributed by atoms with Gasteiger partial charge >= 0.3 is 7.60 Å². The van der Waals surface area contributed by atoms with Gasteiger partial charge in [-0.15, -0.1) is 0 Å². The van der Waals surface area contributed by atoms with Crippen LogP contribution in [0.25, 0.3) is 0 Å². The molecule has 0 saturated heterocycles. The van der Waals surface area contributed by atoms with Crippen molar-refractivity contribution < 1.29 is 18.5 Å². The lowest BCUT2D eigenvalue weighted by atomic mass is 10.1. The van der Waals surface area contributed by atoms with E-state index in [1.807, 2.05) is 21.1 Å². The van der Waals surface area contributed by atoms with E-state index in [0.717, 1.165) is 19.3 Å². The fourth-order valence-corrected chi connectivity index (χ4v) is 6.61. The van der Waals surface area contributed by atoms with Crippen LogP contribution in [0.1, 0.15) is 142 Å². The predicted molar refractivity (Wildman–Crippen MR) is 150 cm³/mol. The van der Waals surface area contributed by atoms with Crippen LogP contribution in [0.3, 0.4) is 0 Å². The highest BCUT2D eigenvalue weighted by atomic mass is 31.2. The second kappa shape index (κ2) is 22.1. The summed E-state index contributed by atoms with van der Waals surface area (Å²) >= 11 is 0. The van der Waals surface area contributed by atoms with Crippen LogP contribution in [0, 0.1) is 0 Å². The molecule has 0 heterocycles. The Morgan fingerprint density at radius 3 is 1.50 bits per heavy atom. The van der Waals surface area contributed by atoms with Gasteiger partial charge in [-0.05, 0) is 38.5 Å². The highest BCUT2D eigenvalue weighted by Gasteiger charge is 2.41. The van der Waals surface area contributed by atoms with E-state index in [2.05, 4.69) is 26.0 Å². The number of hydrogen-bond donors (Lipinski definition) is 1. The first-order valence-corrected chi connectivity index (χ1v) is 16.3. The number of hydrogen-bond acceptors (Lipinski definition) is 2. The van der Waals surface area contributed by atoms with E-state index < -0.39 is 7.60 Å². The van der Waals surface area contributed by atoms with Crippen LogP contribution in [0.15, 0.2) is 12.2 Å². The topological polar surface area (TPSA) is 46.5 Å². The molecule has 204 valence electrons. The predicted octanol–water partition coefficient (Wildman–Crippen LogP) is 9.62. The fourth-order valence-electron chi connectivity index (χ4n) is 4.58. The molecule has 0 saturated carbocycles. The zero-order valence-corrected chi connectivity index (χ0v) is 24.6. The van der Waals surface area contributed by atoms with Gasteiger partial charge in [0.1, 0.15) is 0 Å². The Morgan fingerprint density at radius 1 is 0.676 bits per heavy atom. The maximum absolute atomic E-state index is 12.7. The maximum Gasteiger partial charge on any atom is 0.385 e. The van der Waals surface area contributed by atoms with E-state index in [0.29, 0.717) is 17.5 Å². The Hall–Kier alpha value is -0.150. The molecule has 0 aromatic carbocycles. The fraction of sp³-hybridized carbons (Fsp3) is 0.931. The van der Waals surface area contributed by atoms with Gasteiger partial charge in [0.25, 0.3) is 0 Å². The first-order chi connectivity index (χ1) is 16.3. The SMILES string of the molecule is CCCCCCCCCCCC/C=C\CCCCCCCCOP(=O)(O)C(CCC)[N+](C)(C)C. The maximum atomic E-state index is 12.7. The van der Waals surface area contributed by atoms with Crippen molar-refractivity contribution in [2.75, 3.05) is 27.7 Å². The van der Waals surface area contributed by atoms with Crippen molar-refractivity contribution in [2.24, 2.45) is 0 Å². The molecule has 5 heteroatoms. The number of allylic oxidation sites excluding steroid dienone is 2. The van der Waals surface area contributed by atoms with Crippen LogP contribution in [0.5, 0.6) is 0 Å². The first kappa shape index (κ1) is 33.8. The van der Waals surface area contributed by atoms with Crippen molar-refractivity contribution in [3.63, 3.8) is 0 Å². The highest BCUT2D eigenvalue weighted by molar-refractivity contribution is 7.53. The monoisotopic (exact) mass is 502 g/mol. The van der Waals surface area contributed by atoms with Gasteiger partial charge in [0.05, 0.1) is 27.7 Å². The van der Waals surface area contributed by atoms with Gasteiger partial charge < -0.3 is 13.9 Å². The molecular weight excluding hydrogens is 441 g/mol. The summed E-state index contributed by atoms with van der Waals surface area (Å²) in [4.78, 5) is 10.4. The third-order valence-corrected chi connectivity index (χ3v) is 9.01. The van der Waals surface area contributed by atoms with Crippen molar-refractivity contribution in [3.05, 3.63) is 12.2 Å². The van der Waals surface area contributed by atoms with Crippen molar-refractivity contribution >= 4 is 7.60 Å². The van der Waals surface area contributed by atoms with Crippen molar-refractivity contribution in [1.29, 1.82) is 0 Å². The molecule has 0 amide bonds. The zero-order valence-electron chi connectivity index (χ0n) is 23.7. The summed E-state index contributed by atoms with van der Waals surface area (Å²) < 4.78 is 18.6. The third kappa shape index (κ3) is 20.1. The van der Waals surface area contributed by atoms with Gasteiger partial charge in [0.15, 0.2) is 5.78 Å². The van der Waals surface area contributed by atoms with Crippen LogP contribution >= 0.6 is 7.60 Å². The quantitative estimate of drug-likeness (QED) is 0.0585. The largest absolute Gasteiger partial charge is 0.385 e. The van der Waals surface area contributed by atoms with E-state index in [4.69, 9.17) is 4.52 Å². The molecule has 0 rings (SSSR count). The number of nitrogens with zero attached hydrogens (tertiary/aromatic N) is 1.